The zero-order chi connectivity index (χ0) is 10.2. The summed E-state index contributed by atoms with van der Waals surface area (Å²) in [5, 5.41) is 0. The number of anilines is 2. The average Bonchev–Trinajstić information content (AvgIpc) is 1.97. The van der Waals surface area contributed by atoms with Gasteiger partial charge in [0, 0.05) is 0 Å². The molecule has 6 heteroatoms. The lowest BCUT2D eigenvalue weighted by molar-refractivity contribution is 0.483. The van der Waals surface area contributed by atoms with Gasteiger partial charge < -0.3 is 11.5 Å². The minimum atomic E-state index is -4.20. The molecule has 1 aromatic carbocycles. The maximum atomic E-state index is 10.7. The zero-order valence-corrected chi connectivity index (χ0v) is 7.80. The summed E-state index contributed by atoms with van der Waals surface area (Å²) in [5.41, 5.74) is 11.9. The molecule has 0 aliphatic heterocycles. The van der Waals surface area contributed by atoms with Crippen LogP contribution in [0, 0.1) is 6.92 Å². The van der Waals surface area contributed by atoms with Gasteiger partial charge in [0.05, 0.1) is 16.3 Å². The number of nitrogens with two attached hydrogens (primary N) is 2. The van der Waals surface area contributed by atoms with Gasteiger partial charge >= 0.3 is 0 Å². The fraction of sp³-hybridized carbons (Fsp3) is 0.143. The van der Waals surface area contributed by atoms with Crippen LogP contribution in [-0.2, 0) is 10.1 Å². The Hall–Kier alpha value is -1.27. The fourth-order valence-corrected chi connectivity index (χ4v) is 1.54. The van der Waals surface area contributed by atoms with Crippen LogP contribution in [0.5, 0.6) is 0 Å². The van der Waals surface area contributed by atoms with Gasteiger partial charge in [-0.15, -0.1) is 0 Å². The Morgan fingerprint density at radius 2 is 1.85 bits per heavy atom. The first-order valence-electron chi connectivity index (χ1n) is 3.45. The highest BCUT2D eigenvalue weighted by Crippen LogP contribution is 2.23. The highest BCUT2D eigenvalue weighted by molar-refractivity contribution is 7.85. The smallest absolute Gasteiger partial charge is 0.294 e. The molecule has 0 saturated carbocycles. The highest BCUT2D eigenvalue weighted by atomic mass is 32.2. The number of aryl methyl sites for hydroxylation is 1. The molecule has 0 spiro atoms. The van der Waals surface area contributed by atoms with Gasteiger partial charge in [0.2, 0.25) is 0 Å². The molecule has 0 unspecified atom stereocenters. The lowest BCUT2D eigenvalue weighted by Gasteiger charge is -2.05. The van der Waals surface area contributed by atoms with Gasteiger partial charge in [-0.3, -0.25) is 4.55 Å². The van der Waals surface area contributed by atoms with Crippen molar-refractivity contribution in [2.45, 2.75) is 11.8 Å². The van der Waals surface area contributed by atoms with Gasteiger partial charge in [-0.25, -0.2) is 0 Å². The summed E-state index contributed by atoms with van der Waals surface area (Å²) in [7, 11) is -4.20. The Morgan fingerprint density at radius 1 is 1.31 bits per heavy atom. The summed E-state index contributed by atoms with van der Waals surface area (Å²) in [6, 6.07) is 2.39. The lowest BCUT2D eigenvalue weighted by atomic mass is 10.2. The monoisotopic (exact) mass is 202 g/mol. The number of rotatable bonds is 1. The van der Waals surface area contributed by atoms with Crippen LogP contribution >= 0.6 is 0 Å². The van der Waals surface area contributed by atoms with E-state index >= 15 is 0 Å². The van der Waals surface area contributed by atoms with Crippen molar-refractivity contribution in [3.8, 4) is 0 Å². The molecule has 0 aliphatic carbocycles. The van der Waals surface area contributed by atoms with E-state index in [1.807, 2.05) is 0 Å². The zero-order valence-electron chi connectivity index (χ0n) is 6.98. The summed E-state index contributed by atoms with van der Waals surface area (Å²) >= 11 is 0. The van der Waals surface area contributed by atoms with E-state index in [0.29, 0.717) is 11.3 Å². The second kappa shape index (κ2) is 2.90. The van der Waals surface area contributed by atoms with Crippen molar-refractivity contribution < 1.29 is 13.0 Å². The molecule has 1 rings (SSSR count). The topological polar surface area (TPSA) is 106 Å². The van der Waals surface area contributed by atoms with Crippen LogP contribution in [0.1, 0.15) is 5.56 Å². The van der Waals surface area contributed by atoms with E-state index in [1.54, 1.807) is 6.92 Å². The molecule has 0 saturated heterocycles. The lowest BCUT2D eigenvalue weighted by Crippen LogP contribution is -2.03. The molecular weight excluding hydrogens is 192 g/mol. The molecule has 0 atom stereocenters. The third kappa shape index (κ3) is 1.90. The van der Waals surface area contributed by atoms with Crippen LogP contribution in [0.2, 0.25) is 0 Å². The molecule has 0 bridgehead atoms. The van der Waals surface area contributed by atoms with Gasteiger partial charge in [-0.05, 0) is 24.6 Å². The van der Waals surface area contributed by atoms with Crippen LogP contribution in [0.4, 0.5) is 11.4 Å². The van der Waals surface area contributed by atoms with Crippen molar-refractivity contribution in [2.24, 2.45) is 0 Å². The summed E-state index contributed by atoms with van der Waals surface area (Å²) in [4.78, 5) is -0.239. The quantitative estimate of drug-likeness (QED) is 0.451. The van der Waals surface area contributed by atoms with E-state index in [-0.39, 0.29) is 10.6 Å². The normalized spacial score (nSPS) is 11.5. The molecule has 0 fully saturated rings. The Kier molecular flexibility index (Phi) is 2.19. The minimum absolute atomic E-state index is 0.146. The molecule has 5 N–H and O–H groups in total. The van der Waals surface area contributed by atoms with Crippen molar-refractivity contribution in [2.75, 3.05) is 11.5 Å². The summed E-state index contributed by atoms with van der Waals surface area (Å²) < 4.78 is 30.1. The maximum Gasteiger partial charge on any atom is 0.294 e. The molecule has 13 heavy (non-hydrogen) atoms. The predicted octanol–water partition coefficient (Wildman–Crippen LogP) is 0.406. The maximum absolute atomic E-state index is 10.7. The first-order chi connectivity index (χ1) is 5.82. The molecule has 0 aliphatic rings. The summed E-state index contributed by atoms with van der Waals surface area (Å²) in [5.74, 6) is 0. The third-order valence-corrected chi connectivity index (χ3v) is 2.52. The number of hydrogen-bond acceptors (Lipinski definition) is 4. The van der Waals surface area contributed by atoms with Gasteiger partial charge in [0.25, 0.3) is 10.1 Å². The van der Waals surface area contributed by atoms with Gasteiger partial charge in [-0.2, -0.15) is 8.42 Å². The number of benzene rings is 1. The molecular formula is C7H10N2O3S. The van der Waals surface area contributed by atoms with E-state index in [2.05, 4.69) is 0 Å². The fourth-order valence-electron chi connectivity index (χ4n) is 0.940. The van der Waals surface area contributed by atoms with Gasteiger partial charge in [0.1, 0.15) is 0 Å². The molecule has 0 amide bonds. The molecule has 72 valence electrons. The number of hydrogen-bond donors (Lipinski definition) is 3. The first-order valence-corrected chi connectivity index (χ1v) is 4.89. The SMILES string of the molecule is Cc1cc(S(=O)(=O)O)cc(N)c1N. The number of nitrogen functional groups attached to an aromatic ring is 2. The minimum Gasteiger partial charge on any atom is -0.397 e. The molecule has 0 aromatic heterocycles. The highest BCUT2D eigenvalue weighted by Gasteiger charge is 2.12. The standard InChI is InChI=1S/C7H10N2O3S/c1-4-2-5(13(10,11)12)3-6(8)7(4)9/h2-3H,8-9H2,1H3,(H,10,11,12). The largest absolute Gasteiger partial charge is 0.397 e. The van der Waals surface area contributed by atoms with E-state index in [4.69, 9.17) is 16.0 Å². The third-order valence-electron chi connectivity index (χ3n) is 1.69. The van der Waals surface area contributed by atoms with Gasteiger partial charge in [-0.1, -0.05) is 0 Å². The second-order valence-corrected chi connectivity index (χ2v) is 4.14. The first kappa shape index (κ1) is 9.82. The van der Waals surface area contributed by atoms with E-state index in [0.717, 1.165) is 6.07 Å². The van der Waals surface area contributed by atoms with Crippen LogP contribution in [0.3, 0.4) is 0 Å². The van der Waals surface area contributed by atoms with Crippen molar-refractivity contribution in [3.63, 3.8) is 0 Å². The molecule has 0 heterocycles. The Balaban J connectivity index is 3.47. The Labute approximate surface area is 76.1 Å². The van der Waals surface area contributed by atoms with E-state index in [9.17, 15) is 8.42 Å². The van der Waals surface area contributed by atoms with Crippen LogP contribution < -0.4 is 11.5 Å². The van der Waals surface area contributed by atoms with Crippen molar-refractivity contribution in [3.05, 3.63) is 17.7 Å². The molecule has 1 aromatic rings. The average molecular weight is 202 g/mol. The van der Waals surface area contributed by atoms with Crippen LogP contribution in [-0.4, -0.2) is 13.0 Å². The Morgan fingerprint density at radius 3 is 2.23 bits per heavy atom. The van der Waals surface area contributed by atoms with Crippen LogP contribution in [0.25, 0.3) is 0 Å². The van der Waals surface area contributed by atoms with E-state index < -0.39 is 10.1 Å². The predicted molar refractivity (Wildman–Crippen MR) is 49.8 cm³/mol. The summed E-state index contributed by atoms with van der Waals surface area (Å²) in [6.07, 6.45) is 0. The van der Waals surface area contributed by atoms with E-state index in [1.165, 1.54) is 6.07 Å². The molecule has 0 radical (unpaired) electrons. The Bertz CT molecular complexity index is 416. The summed E-state index contributed by atoms with van der Waals surface area (Å²) in [6.45, 7) is 1.61. The van der Waals surface area contributed by atoms with Crippen molar-refractivity contribution in [1.82, 2.24) is 0 Å². The molecule has 5 nitrogen and oxygen atoms in total. The van der Waals surface area contributed by atoms with Gasteiger partial charge in [0.15, 0.2) is 0 Å². The van der Waals surface area contributed by atoms with Crippen molar-refractivity contribution >= 4 is 21.5 Å². The van der Waals surface area contributed by atoms with Crippen molar-refractivity contribution in [1.29, 1.82) is 0 Å². The van der Waals surface area contributed by atoms with Crippen LogP contribution in [0.15, 0.2) is 17.0 Å². The second-order valence-electron chi connectivity index (χ2n) is 2.72.